The Labute approximate surface area is 464 Å². The fourth-order valence-corrected chi connectivity index (χ4v) is 10.8. The first-order valence-electron chi connectivity index (χ1n) is 24.4. The lowest BCUT2D eigenvalue weighted by atomic mass is 10.0. The number of halogens is 6. The second-order valence-electron chi connectivity index (χ2n) is 18.7. The Balaban J connectivity index is 0.000000236. The minimum atomic E-state index is -4.74. The van der Waals surface area contributed by atoms with Crippen LogP contribution in [0, 0.1) is 25.7 Å². The largest absolute Gasteiger partial charge is 0.480 e. The third-order valence-corrected chi connectivity index (χ3v) is 15.3. The van der Waals surface area contributed by atoms with Gasteiger partial charge in [-0.15, -0.1) is 0 Å². The number of methoxy groups -OCH3 is 2. The molecule has 0 spiro atoms. The van der Waals surface area contributed by atoms with E-state index in [1.165, 1.54) is 88.5 Å². The molecule has 8 rings (SSSR count). The molecule has 4 aromatic carbocycles. The quantitative estimate of drug-likeness (QED) is 0.0669. The van der Waals surface area contributed by atoms with Gasteiger partial charge in [0.05, 0.1) is 81.4 Å². The molecule has 8 aromatic rings. The number of sulfonamides is 2. The van der Waals surface area contributed by atoms with Crippen molar-refractivity contribution in [3.63, 3.8) is 0 Å². The minimum Gasteiger partial charge on any atom is -0.480 e. The maximum absolute atomic E-state index is 13.3. The van der Waals surface area contributed by atoms with E-state index in [1.807, 2.05) is 0 Å². The number of nitrogens with zero attached hydrogens (tertiary/aromatic N) is 6. The number of alkyl halides is 6. The van der Waals surface area contributed by atoms with E-state index in [9.17, 15) is 62.4 Å². The lowest BCUT2D eigenvalue weighted by Crippen LogP contribution is -2.32. The normalized spacial score (nSPS) is 12.7. The topological polar surface area (TPSA) is 265 Å². The molecule has 0 aliphatic carbocycles. The summed E-state index contributed by atoms with van der Waals surface area (Å²) in [6.45, 7) is 6.29. The average Bonchev–Trinajstić information content (AvgIpc) is 3.58. The van der Waals surface area contributed by atoms with Crippen molar-refractivity contribution in [3.8, 4) is 34.0 Å². The van der Waals surface area contributed by atoms with Gasteiger partial charge in [0, 0.05) is 50.7 Å². The van der Waals surface area contributed by atoms with Gasteiger partial charge in [-0.1, -0.05) is 26.0 Å². The fraction of sp³-hybridized carbons (Fsp3) is 0.259. The molecule has 4 N–H and O–H groups in total. The summed E-state index contributed by atoms with van der Waals surface area (Å²) in [5.74, 6) is -1.66. The summed E-state index contributed by atoms with van der Waals surface area (Å²) in [5.41, 5.74) is -0.422. The number of nitrogens with one attached hydrogen (secondary N) is 4. The summed E-state index contributed by atoms with van der Waals surface area (Å²) >= 11 is 0. The Morgan fingerprint density at radius 2 is 0.915 bits per heavy atom. The maximum atomic E-state index is 13.3. The summed E-state index contributed by atoms with van der Waals surface area (Å²) in [6.07, 6.45) is -3.95. The van der Waals surface area contributed by atoms with Gasteiger partial charge in [-0.3, -0.25) is 37.8 Å². The molecule has 0 saturated carbocycles. The predicted octanol–water partition coefficient (Wildman–Crippen LogP) is 7.95. The van der Waals surface area contributed by atoms with E-state index in [-0.39, 0.29) is 81.1 Å². The highest BCUT2D eigenvalue weighted by Gasteiger charge is 2.34. The summed E-state index contributed by atoms with van der Waals surface area (Å²) in [6, 6.07) is 17.5. The van der Waals surface area contributed by atoms with Crippen molar-refractivity contribution < 1.29 is 62.2 Å². The zero-order valence-electron chi connectivity index (χ0n) is 44.8. The van der Waals surface area contributed by atoms with Crippen molar-refractivity contribution in [1.29, 1.82) is 0 Å². The van der Waals surface area contributed by atoms with Crippen molar-refractivity contribution in [2.24, 2.45) is 11.8 Å². The number of hydrogen-bond acceptors (Lipinski definition) is 14. The third-order valence-electron chi connectivity index (χ3n) is 12.6. The number of carbonyl (C=O) groups excluding carboxylic acids is 2. The summed E-state index contributed by atoms with van der Waals surface area (Å²) < 4.78 is 150. The van der Waals surface area contributed by atoms with Crippen LogP contribution in [0.5, 0.6) is 11.8 Å². The molecule has 20 nitrogen and oxygen atoms in total. The standard InChI is InChI=1S/2C27H26F3N5O5S/c2*1-15-7-19(27(28,29)30)11-20(8-15)41(38,39)34-23-10-18(12-32-25(23)40-4)17-5-6-22-21(9-17)26(37)35(14-33-22)13-16(2)24(36)31-3/h2*5-12,14,16,34H,13H2,1-4H3,(H,31,36)/t2*16-/m10/s1. The Morgan fingerprint density at radius 1 is 0.549 bits per heavy atom. The molecule has 0 aliphatic heterocycles. The number of pyridine rings is 2. The van der Waals surface area contributed by atoms with E-state index < -0.39 is 65.2 Å². The third kappa shape index (κ3) is 13.8. The SMILES string of the molecule is CNC(=O)[C@@H](C)Cn1cnc2ccc(-c3cnc(OC)c(NS(=O)(=O)c4cc(C)cc(C(F)(F)F)c4)c3)cc2c1=O.CNC(=O)[C@H](C)Cn1cnc2ccc(-c3cnc(OC)c(NS(=O)(=O)c4cc(C)cc(C(F)(F)F)c4)c3)cc2c1=O. The number of benzene rings is 4. The van der Waals surface area contributed by atoms with Gasteiger partial charge in [0.25, 0.3) is 31.2 Å². The van der Waals surface area contributed by atoms with Crippen LogP contribution in [-0.2, 0) is 55.1 Å². The molecule has 28 heteroatoms. The van der Waals surface area contributed by atoms with Crippen LogP contribution in [0.3, 0.4) is 0 Å². The van der Waals surface area contributed by atoms with Gasteiger partial charge in [-0.05, 0) is 109 Å². The molecular weight excluding hydrogens is 1130 g/mol. The molecule has 4 aromatic heterocycles. The molecule has 0 aliphatic rings. The maximum Gasteiger partial charge on any atom is 0.416 e. The summed E-state index contributed by atoms with van der Waals surface area (Å²) in [4.78, 5) is 65.9. The van der Waals surface area contributed by atoms with Crippen molar-refractivity contribution >= 4 is 65.0 Å². The monoisotopic (exact) mass is 1180 g/mol. The van der Waals surface area contributed by atoms with Gasteiger partial charge in [-0.2, -0.15) is 26.3 Å². The van der Waals surface area contributed by atoms with E-state index in [2.05, 4.69) is 40.0 Å². The molecule has 432 valence electrons. The number of rotatable bonds is 16. The van der Waals surface area contributed by atoms with Crippen LogP contribution in [0.25, 0.3) is 44.1 Å². The van der Waals surface area contributed by atoms with Gasteiger partial charge < -0.3 is 20.1 Å². The number of fused-ring (bicyclic) bond motifs is 2. The Kier molecular flexibility index (Phi) is 17.8. The molecule has 0 bridgehead atoms. The fourth-order valence-electron chi connectivity index (χ4n) is 8.42. The summed E-state index contributed by atoms with van der Waals surface area (Å²) in [7, 11) is -3.44. The Hall–Kier alpha value is -8.92. The van der Waals surface area contributed by atoms with Crippen LogP contribution in [-0.4, -0.2) is 86.0 Å². The van der Waals surface area contributed by atoms with Crippen LogP contribution in [0.1, 0.15) is 36.1 Å². The average molecular weight is 1180 g/mol. The van der Waals surface area contributed by atoms with Crippen molar-refractivity contribution in [3.05, 3.63) is 153 Å². The van der Waals surface area contributed by atoms with E-state index in [0.717, 1.165) is 24.3 Å². The molecule has 82 heavy (non-hydrogen) atoms. The molecule has 2 amide bonds. The minimum absolute atomic E-state index is 0.108. The first kappa shape index (κ1) is 60.7. The van der Waals surface area contributed by atoms with Gasteiger partial charge in [0.15, 0.2) is 0 Å². The smallest absolute Gasteiger partial charge is 0.416 e. The first-order chi connectivity index (χ1) is 38.5. The van der Waals surface area contributed by atoms with Gasteiger partial charge in [0.2, 0.25) is 23.6 Å². The van der Waals surface area contributed by atoms with Gasteiger partial charge in [0.1, 0.15) is 11.4 Å². The molecule has 4 heterocycles. The van der Waals surface area contributed by atoms with Crippen LogP contribution < -0.4 is 40.7 Å². The Morgan fingerprint density at radius 3 is 1.24 bits per heavy atom. The van der Waals surface area contributed by atoms with Crippen molar-refractivity contribution in [1.82, 2.24) is 39.7 Å². The number of aromatic nitrogens is 6. The van der Waals surface area contributed by atoms with Crippen LogP contribution in [0.15, 0.2) is 129 Å². The molecule has 0 radical (unpaired) electrons. The number of anilines is 2. The first-order valence-corrected chi connectivity index (χ1v) is 27.4. The number of aryl methyl sites for hydroxylation is 2. The van der Waals surface area contributed by atoms with E-state index >= 15 is 0 Å². The molecule has 0 saturated heterocycles. The van der Waals surface area contributed by atoms with Crippen molar-refractivity contribution in [2.45, 2.75) is 62.9 Å². The highest BCUT2D eigenvalue weighted by Crippen LogP contribution is 2.37. The van der Waals surface area contributed by atoms with Gasteiger partial charge >= 0.3 is 12.4 Å². The lowest BCUT2D eigenvalue weighted by Gasteiger charge is -2.15. The van der Waals surface area contributed by atoms with E-state index in [4.69, 9.17) is 9.47 Å². The number of ether oxygens (including phenoxy) is 2. The zero-order chi connectivity index (χ0) is 60.2. The number of amides is 2. The highest BCUT2D eigenvalue weighted by atomic mass is 32.2. The highest BCUT2D eigenvalue weighted by molar-refractivity contribution is 7.93. The number of hydrogen-bond donors (Lipinski definition) is 4. The van der Waals surface area contributed by atoms with E-state index in [0.29, 0.717) is 45.4 Å². The zero-order valence-corrected chi connectivity index (χ0v) is 46.4. The predicted molar refractivity (Wildman–Crippen MR) is 292 cm³/mol. The van der Waals surface area contributed by atoms with Gasteiger partial charge in [-0.25, -0.2) is 36.8 Å². The Bertz CT molecular complexity index is 3880. The number of carbonyl (C=O) groups is 2. The van der Waals surface area contributed by atoms with Crippen LogP contribution >= 0.6 is 0 Å². The molecule has 0 fully saturated rings. The lowest BCUT2D eigenvalue weighted by molar-refractivity contribution is -0.138. The second-order valence-corrected chi connectivity index (χ2v) is 22.1. The molecule has 0 unspecified atom stereocenters. The van der Waals surface area contributed by atoms with Crippen LogP contribution in [0.4, 0.5) is 37.7 Å². The molecule has 2 atom stereocenters. The van der Waals surface area contributed by atoms with Crippen LogP contribution in [0.2, 0.25) is 0 Å². The second kappa shape index (κ2) is 24.0. The summed E-state index contributed by atoms with van der Waals surface area (Å²) in [5, 5.41) is 5.58. The molecular formula is C54H52F6N10O10S2. The van der Waals surface area contributed by atoms with E-state index in [1.54, 1.807) is 50.2 Å². The van der Waals surface area contributed by atoms with Crippen molar-refractivity contribution in [2.75, 3.05) is 37.8 Å².